The third-order valence-corrected chi connectivity index (χ3v) is 7.63. The molecular weight excluding hydrogens is 444 g/mol. The number of carbonyl (C=O) groups is 1. The molecule has 0 unspecified atom stereocenters. The Morgan fingerprint density at radius 2 is 2.00 bits per heavy atom. The molecule has 2 aromatic rings. The highest BCUT2D eigenvalue weighted by molar-refractivity contribution is 7.89. The Hall–Kier alpha value is -2.40. The fourth-order valence-electron chi connectivity index (χ4n) is 3.82. The highest BCUT2D eigenvalue weighted by Crippen LogP contribution is 2.29. The van der Waals surface area contributed by atoms with Crippen molar-refractivity contribution in [3.8, 4) is 0 Å². The van der Waals surface area contributed by atoms with Crippen LogP contribution < -0.4 is 0 Å². The predicted molar refractivity (Wildman–Crippen MR) is 115 cm³/mol. The minimum Gasteiger partial charge on any atom is -0.298 e. The molecule has 1 aliphatic rings. The smallest absolute Gasteiger partial charge is 0.289 e. The van der Waals surface area contributed by atoms with E-state index in [1.54, 1.807) is 19.1 Å². The van der Waals surface area contributed by atoms with Crippen molar-refractivity contribution in [3.05, 3.63) is 63.4 Å². The Balaban J connectivity index is 1.80. The quantitative estimate of drug-likeness (QED) is 0.455. The molecule has 1 aromatic carbocycles. The molecule has 0 aliphatic carbocycles. The molecule has 0 bridgehead atoms. The van der Waals surface area contributed by atoms with E-state index in [1.165, 1.54) is 41.7 Å². The number of hydrogen-bond acceptors (Lipinski definition) is 7. The van der Waals surface area contributed by atoms with E-state index >= 15 is 0 Å². The molecule has 0 radical (unpaired) electrons. The molecule has 0 spiro atoms. The average Bonchev–Trinajstić information content (AvgIpc) is 2.72. The summed E-state index contributed by atoms with van der Waals surface area (Å²) in [6.45, 7) is 3.99. The summed E-state index contributed by atoms with van der Waals surface area (Å²) in [6, 6.07) is 7.87. The first-order chi connectivity index (χ1) is 14.6. The topological polar surface area (TPSA) is 114 Å². The number of nitro groups is 1. The zero-order valence-electron chi connectivity index (χ0n) is 17.1. The zero-order chi connectivity index (χ0) is 22.8. The van der Waals surface area contributed by atoms with Gasteiger partial charge in [0.15, 0.2) is 4.90 Å². The minimum absolute atomic E-state index is 0.0426. The van der Waals surface area contributed by atoms with E-state index in [0.717, 1.165) is 0 Å². The summed E-state index contributed by atoms with van der Waals surface area (Å²) in [7, 11) is -4.07. The van der Waals surface area contributed by atoms with E-state index in [0.29, 0.717) is 30.2 Å². The number of sulfonamides is 1. The van der Waals surface area contributed by atoms with Gasteiger partial charge in [0.05, 0.1) is 16.0 Å². The molecule has 1 aliphatic heterocycles. The van der Waals surface area contributed by atoms with E-state index in [9.17, 15) is 23.3 Å². The molecule has 1 aromatic heterocycles. The molecule has 1 saturated heterocycles. The van der Waals surface area contributed by atoms with Crippen LogP contribution in [0.25, 0.3) is 0 Å². The average molecular weight is 467 g/mol. The molecule has 0 amide bonds. The van der Waals surface area contributed by atoms with Crippen LogP contribution in [0.15, 0.2) is 47.5 Å². The first-order valence-electron chi connectivity index (χ1n) is 9.71. The van der Waals surface area contributed by atoms with E-state index in [4.69, 9.17) is 11.6 Å². The minimum atomic E-state index is -4.07. The van der Waals surface area contributed by atoms with Crippen molar-refractivity contribution in [2.45, 2.75) is 37.2 Å². The summed E-state index contributed by atoms with van der Waals surface area (Å²) >= 11 is 5.87. The Morgan fingerprint density at radius 3 is 2.58 bits per heavy atom. The van der Waals surface area contributed by atoms with Crippen molar-refractivity contribution >= 4 is 33.1 Å². The summed E-state index contributed by atoms with van der Waals surface area (Å²) in [4.78, 5) is 28.8. The number of nitro benzene ring substituents is 1. The van der Waals surface area contributed by atoms with Crippen LogP contribution in [-0.4, -0.2) is 65.0 Å². The van der Waals surface area contributed by atoms with Crippen LogP contribution in [0.1, 0.15) is 19.5 Å². The van der Waals surface area contributed by atoms with Crippen LogP contribution in [-0.2, 0) is 21.2 Å². The predicted octanol–water partition coefficient (Wildman–Crippen LogP) is 2.54. The molecule has 0 N–H and O–H groups in total. The van der Waals surface area contributed by atoms with Gasteiger partial charge in [0, 0.05) is 50.1 Å². The Morgan fingerprint density at radius 1 is 1.29 bits per heavy atom. The number of aromatic nitrogens is 1. The highest BCUT2D eigenvalue weighted by Gasteiger charge is 2.39. The summed E-state index contributed by atoms with van der Waals surface area (Å²) < 4.78 is 27.6. The maximum atomic E-state index is 13.2. The molecule has 9 nitrogen and oxygen atoms in total. The second-order valence-corrected chi connectivity index (χ2v) is 9.78. The molecule has 2 heterocycles. The largest absolute Gasteiger partial charge is 0.298 e. The third kappa shape index (κ3) is 5.09. The van der Waals surface area contributed by atoms with Gasteiger partial charge in [-0.3, -0.25) is 24.8 Å². The van der Waals surface area contributed by atoms with E-state index in [-0.39, 0.29) is 17.2 Å². The summed E-state index contributed by atoms with van der Waals surface area (Å²) in [5.74, 6) is -0.0426. The SMILES string of the molecule is CC(=O)[C@H](Cc1ccc(Cl)cn1)N1CCN(S(=O)(=O)c2ccccc2[N+](=O)[O-])[C@@H](C)C1. The Labute approximate surface area is 185 Å². The third-order valence-electron chi connectivity index (χ3n) is 5.35. The lowest BCUT2D eigenvalue weighted by Crippen LogP contribution is -2.58. The van der Waals surface area contributed by atoms with Gasteiger partial charge in [-0.05, 0) is 32.0 Å². The summed E-state index contributed by atoms with van der Waals surface area (Å²) in [5, 5.41) is 11.8. The normalized spacial score (nSPS) is 19.1. The fraction of sp³-hybridized carbons (Fsp3) is 0.400. The Kier molecular flexibility index (Phi) is 7.05. The molecule has 11 heteroatoms. The van der Waals surface area contributed by atoms with Crippen LogP contribution in [0.4, 0.5) is 5.69 Å². The van der Waals surface area contributed by atoms with Crippen LogP contribution in [0, 0.1) is 10.1 Å². The molecular formula is C20H23ClN4O5S. The van der Waals surface area contributed by atoms with Crippen molar-refractivity contribution in [1.82, 2.24) is 14.2 Å². The van der Waals surface area contributed by atoms with Crippen LogP contribution in [0.2, 0.25) is 5.02 Å². The Bertz CT molecular complexity index is 1080. The highest BCUT2D eigenvalue weighted by atomic mass is 35.5. The van der Waals surface area contributed by atoms with Gasteiger partial charge in [-0.25, -0.2) is 8.42 Å². The number of halogens is 1. The maximum Gasteiger partial charge on any atom is 0.289 e. The number of ketones is 1. The summed E-state index contributed by atoms with van der Waals surface area (Å²) in [5.41, 5.74) is 0.264. The zero-order valence-corrected chi connectivity index (χ0v) is 18.7. The van der Waals surface area contributed by atoms with Gasteiger partial charge in [0.2, 0.25) is 10.0 Å². The monoisotopic (exact) mass is 466 g/mol. The molecule has 1 fully saturated rings. The standard InChI is InChI=1S/C20H23ClN4O5S/c1-14-13-23(19(15(2)26)11-17-8-7-16(21)12-22-17)9-10-24(14)31(29,30)20-6-4-3-5-18(20)25(27)28/h3-8,12,14,19H,9-11,13H2,1-2H3/t14-,19-/m0/s1. The van der Waals surface area contributed by atoms with Gasteiger partial charge in [-0.15, -0.1) is 0 Å². The van der Waals surface area contributed by atoms with Crippen molar-refractivity contribution in [2.75, 3.05) is 19.6 Å². The van der Waals surface area contributed by atoms with Crippen molar-refractivity contribution in [1.29, 1.82) is 0 Å². The van der Waals surface area contributed by atoms with E-state index in [2.05, 4.69) is 4.98 Å². The van der Waals surface area contributed by atoms with Crippen molar-refractivity contribution < 1.29 is 18.1 Å². The number of hydrogen-bond donors (Lipinski definition) is 0. The summed E-state index contributed by atoms with van der Waals surface area (Å²) in [6.07, 6.45) is 1.91. The first kappa shape index (κ1) is 23.3. The number of benzene rings is 1. The molecule has 3 rings (SSSR count). The number of Topliss-reactive ketones (excluding diaryl/α,β-unsaturated/α-hetero) is 1. The van der Waals surface area contributed by atoms with Gasteiger partial charge in [-0.2, -0.15) is 4.31 Å². The van der Waals surface area contributed by atoms with E-state index < -0.39 is 32.7 Å². The van der Waals surface area contributed by atoms with Crippen LogP contribution in [0.5, 0.6) is 0 Å². The molecule has 0 saturated carbocycles. The van der Waals surface area contributed by atoms with Crippen LogP contribution >= 0.6 is 11.6 Å². The van der Waals surface area contributed by atoms with Gasteiger partial charge < -0.3 is 0 Å². The lowest BCUT2D eigenvalue weighted by atomic mass is 10.0. The van der Waals surface area contributed by atoms with E-state index in [1.807, 2.05) is 4.90 Å². The fourth-order valence-corrected chi connectivity index (χ4v) is 5.70. The van der Waals surface area contributed by atoms with Crippen molar-refractivity contribution in [3.63, 3.8) is 0 Å². The molecule has 166 valence electrons. The second kappa shape index (κ2) is 9.39. The van der Waals surface area contributed by atoms with Gasteiger partial charge >= 0.3 is 0 Å². The van der Waals surface area contributed by atoms with Gasteiger partial charge in [0.25, 0.3) is 5.69 Å². The second-order valence-electron chi connectivity index (χ2n) is 7.48. The molecule has 2 atom stereocenters. The molecule has 31 heavy (non-hydrogen) atoms. The number of nitrogens with zero attached hydrogens (tertiary/aromatic N) is 4. The van der Waals surface area contributed by atoms with Gasteiger partial charge in [-0.1, -0.05) is 23.7 Å². The maximum absolute atomic E-state index is 13.2. The number of para-hydroxylation sites is 1. The number of rotatable bonds is 7. The number of carbonyl (C=O) groups excluding carboxylic acids is 1. The first-order valence-corrected chi connectivity index (χ1v) is 11.5. The van der Waals surface area contributed by atoms with Gasteiger partial charge in [0.1, 0.15) is 5.78 Å². The number of piperazine rings is 1. The lowest BCUT2D eigenvalue weighted by Gasteiger charge is -2.41. The lowest BCUT2D eigenvalue weighted by molar-refractivity contribution is -0.387. The van der Waals surface area contributed by atoms with Crippen molar-refractivity contribution in [2.24, 2.45) is 0 Å². The van der Waals surface area contributed by atoms with Crippen LogP contribution in [0.3, 0.4) is 0 Å². The number of pyridine rings is 1.